The Bertz CT molecular complexity index is 732. The van der Waals surface area contributed by atoms with Crippen LogP contribution in [0, 0.1) is 13.8 Å². The molecule has 0 bridgehead atoms. The quantitative estimate of drug-likeness (QED) is 0.673. The minimum Gasteiger partial charge on any atom is -0.497 e. The highest BCUT2D eigenvalue weighted by molar-refractivity contribution is 5.71. The molecule has 2 rings (SSSR count). The van der Waals surface area contributed by atoms with E-state index in [4.69, 9.17) is 9.47 Å². The first-order valence-electron chi connectivity index (χ1n) is 9.15. The van der Waals surface area contributed by atoms with E-state index >= 15 is 0 Å². The third kappa shape index (κ3) is 5.73. The van der Waals surface area contributed by atoms with E-state index in [0.29, 0.717) is 0 Å². The van der Waals surface area contributed by atoms with Gasteiger partial charge < -0.3 is 19.5 Å². The van der Waals surface area contributed by atoms with E-state index in [-0.39, 0.29) is 18.6 Å². The minimum atomic E-state index is -0.384. The lowest BCUT2D eigenvalue weighted by atomic mass is 10.0. The van der Waals surface area contributed by atoms with Crippen molar-refractivity contribution in [2.75, 3.05) is 20.8 Å². The summed E-state index contributed by atoms with van der Waals surface area (Å²) in [7, 11) is 3.03. The molecule has 0 aliphatic heterocycles. The predicted octanol–water partition coefficient (Wildman–Crippen LogP) is 4.10. The molecule has 5 heteroatoms. The normalized spacial score (nSPS) is 11.7. The summed E-state index contributed by atoms with van der Waals surface area (Å²) < 4.78 is 15.5. The van der Waals surface area contributed by atoms with Crippen molar-refractivity contribution in [3.8, 4) is 11.5 Å². The number of carbonyl (C=O) groups excluding carboxylic acids is 1. The molecular formula is C22H29NO4. The smallest absolute Gasteiger partial charge is 0.343 e. The maximum Gasteiger partial charge on any atom is 0.343 e. The van der Waals surface area contributed by atoms with Gasteiger partial charge in [0.1, 0.15) is 11.5 Å². The van der Waals surface area contributed by atoms with E-state index in [0.717, 1.165) is 35.6 Å². The second kappa shape index (κ2) is 9.97. The average molecular weight is 371 g/mol. The van der Waals surface area contributed by atoms with Gasteiger partial charge in [-0.2, -0.15) is 0 Å². The topological polar surface area (TPSA) is 56.8 Å². The summed E-state index contributed by atoms with van der Waals surface area (Å²) in [6, 6.07) is 12.6. The van der Waals surface area contributed by atoms with Crippen LogP contribution in [0.5, 0.6) is 11.5 Å². The molecule has 0 saturated carbocycles. The van der Waals surface area contributed by atoms with E-state index < -0.39 is 0 Å². The number of ether oxygens (including phenoxy) is 3. The Morgan fingerprint density at radius 1 is 1.07 bits per heavy atom. The van der Waals surface area contributed by atoms with Crippen LogP contribution in [0.15, 0.2) is 36.4 Å². The monoisotopic (exact) mass is 371 g/mol. The average Bonchev–Trinajstić information content (AvgIpc) is 2.68. The van der Waals surface area contributed by atoms with Crippen molar-refractivity contribution in [1.82, 2.24) is 5.32 Å². The number of carbonyl (C=O) groups is 1. The lowest BCUT2D eigenvalue weighted by Gasteiger charge is -2.19. The van der Waals surface area contributed by atoms with Crippen LogP contribution in [0.4, 0.5) is 0 Å². The Labute approximate surface area is 161 Å². The van der Waals surface area contributed by atoms with Gasteiger partial charge in [-0.3, -0.25) is 0 Å². The summed E-state index contributed by atoms with van der Waals surface area (Å²) >= 11 is 0. The fraction of sp³-hybridized carbons (Fsp3) is 0.409. The SMILES string of the molecule is CCC(NCc1cc(C)c(OCC(=O)OC)c(C)c1)c1ccc(OC)cc1. The number of rotatable bonds is 9. The van der Waals surface area contributed by atoms with Crippen molar-refractivity contribution in [2.45, 2.75) is 39.8 Å². The number of benzene rings is 2. The first kappa shape index (κ1) is 20.8. The molecule has 1 atom stereocenters. The lowest BCUT2D eigenvalue weighted by Crippen LogP contribution is -2.20. The molecule has 0 amide bonds. The molecule has 0 radical (unpaired) electrons. The summed E-state index contributed by atoms with van der Waals surface area (Å²) in [6.45, 7) is 6.82. The fourth-order valence-corrected chi connectivity index (χ4v) is 3.13. The predicted molar refractivity (Wildman–Crippen MR) is 106 cm³/mol. The molecule has 0 spiro atoms. The fourth-order valence-electron chi connectivity index (χ4n) is 3.13. The molecule has 5 nitrogen and oxygen atoms in total. The van der Waals surface area contributed by atoms with Crippen molar-refractivity contribution in [2.24, 2.45) is 0 Å². The first-order chi connectivity index (χ1) is 13.0. The van der Waals surface area contributed by atoms with Crippen LogP contribution < -0.4 is 14.8 Å². The Hall–Kier alpha value is -2.53. The maximum absolute atomic E-state index is 11.3. The molecule has 0 aromatic heterocycles. The van der Waals surface area contributed by atoms with Crippen molar-refractivity contribution < 1.29 is 19.0 Å². The molecule has 0 aliphatic rings. The largest absolute Gasteiger partial charge is 0.497 e. The second-order valence-corrected chi connectivity index (χ2v) is 6.54. The maximum atomic E-state index is 11.3. The molecule has 1 unspecified atom stereocenters. The van der Waals surface area contributed by atoms with Crippen molar-refractivity contribution >= 4 is 5.97 Å². The van der Waals surface area contributed by atoms with E-state index in [1.165, 1.54) is 18.2 Å². The third-order valence-corrected chi connectivity index (χ3v) is 4.56. The summed E-state index contributed by atoms with van der Waals surface area (Å²) in [4.78, 5) is 11.3. The van der Waals surface area contributed by atoms with Gasteiger partial charge >= 0.3 is 5.97 Å². The van der Waals surface area contributed by atoms with Crippen LogP contribution >= 0.6 is 0 Å². The van der Waals surface area contributed by atoms with Gasteiger partial charge in [0.15, 0.2) is 6.61 Å². The van der Waals surface area contributed by atoms with E-state index in [9.17, 15) is 4.79 Å². The highest BCUT2D eigenvalue weighted by atomic mass is 16.6. The zero-order valence-electron chi connectivity index (χ0n) is 16.8. The second-order valence-electron chi connectivity index (χ2n) is 6.54. The molecule has 0 aliphatic carbocycles. The molecule has 1 N–H and O–H groups in total. The third-order valence-electron chi connectivity index (χ3n) is 4.56. The Balaban J connectivity index is 2.04. The first-order valence-corrected chi connectivity index (χ1v) is 9.15. The van der Waals surface area contributed by atoms with Crippen LogP contribution in [-0.2, 0) is 16.1 Å². The summed E-state index contributed by atoms with van der Waals surface area (Å²) in [5, 5.41) is 3.62. The van der Waals surface area contributed by atoms with Crippen molar-refractivity contribution in [1.29, 1.82) is 0 Å². The molecule has 0 heterocycles. The van der Waals surface area contributed by atoms with Gasteiger partial charge in [0.05, 0.1) is 14.2 Å². The summed E-state index contributed by atoms with van der Waals surface area (Å²) in [5.41, 5.74) is 4.44. The van der Waals surface area contributed by atoms with Gasteiger partial charge in [-0.05, 0) is 54.7 Å². The summed E-state index contributed by atoms with van der Waals surface area (Å²) in [5.74, 6) is 1.22. The van der Waals surface area contributed by atoms with Gasteiger partial charge in [0.2, 0.25) is 0 Å². The number of hydrogen-bond donors (Lipinski definition) is 1. The molecule has 0 fully saturated rings. The number of hydrogen-bond acceptors (Lipinski definition) is 5. The molecule has 27 heavy (non-hydrogen) atoms. The zero-order chi connectivity index (χ0) is 19.8. The zero-order valence-corrected chi connectivity index (χ0v) is 16.8. The molecular weight excluding hydrogens is 342 g/mol. The van der Waals surface area contributed by atoms with Crippen LogP contribution in [-0.4, -0.2) is 26.8 Å². The van der Waals surface area contributed by atoms with E-state index in [1.54, 1.807) is 7.11 Å². The highest BCUT2D eigenvalue weighted by Gasteiger charge is 2.12. The van der Waals surface area contributed by atoms with Gasteiger partial charge in [-0.25, -0.2) is 4.79 Å². The molecule has 2 aromatic rings. The Morgan fingerprint density at radius 2 is 1.70 bits per heavy atom. The number of esters is 1. The van der Waals surface area contributed by atoms with Gasteiger partial charge in [-0.15, -0.1) is 0 Å². The van der Waals surface area contributed by atoms with Crippen molar-refractivity contribution in [3.63, 3.8) is 0 Å². The van der Waals surface area contributed by atoms with E-state index in [2.05, 4.69) is 41.2 Å². The van der Waals surface area contributed by atoms with Crippen molar-refractivity contribution in [3.05, 3.63) is 58.7 Å². The van der Waals surface area contributed by atoms with Crippen LogP contribution in [0.3, 0.4) is 0 Å². The van der Waals surface area contributed by atoms with Crippen LogP contribution in [0.1, 0.15) is 41.6 Å². The summed E-state index contributed by atoms with van der Waals surface area (Å²) in [6.07, 6.45) is 0.991. The number of methoxy groups -OCH3 is 2. The Kier molecular flexibility index (Phi) is 7.67. The van der Waals surface area contributed by atoms with Gasteiger partial charge in [0.25, 0.3) is 0 Å². The Morgan fingerprint density at radius 3 is 2.22 bits per heavy atom. The lowest BCUT2D eigenvalue weighted by molar-refractivity contribution is -0.142. The molecule has 2 aromatic carbocycles. The minimum absolute atomic E-state index is 0.0782. The van der Waals surface area contributed by atoms with Crippen LogP contribution in [0.25, 0.3) is 0 Å². The van der Waals surface area contributed by atoms with E-state index in [1.807, 2.05) is 26.0 Å². The number of nitrogens with one attached hydrogen (secondary N) is 1. The highest BCUT2D eigenvalue weighted by Crippen LogP contribution is 2.26. The van der Waals surface area contributed by atoms with Crippen LogP contribution in [0.2, 0.25) is 0 Å². The van der Waals surface area contributed by atoms with Gasteiger partial charge in [0, 0.05) is 12.6 Å². The standard InChI is InChI=1S/C22H29NO4/c1-6-20(18-7-9-19(25-4)10-8-18)23-13-17-11-15(2)22(16(3)12-17)27-14-21(24)26-5/h7-12,20,23H,6,13-14H2,1-5H3. The number of aryl methyl sites for hydroxylation is 2. The molecule has 146 valence electrons. The van der Waals surface area contributed by atoms with Gasteiger partial charge in [-0.1, -0.05) is 31.2 Å². The molecule has 0 saturated heterocycles.